The van der Waals surface area contributed by atoms with Gasteiger partial charge < -0.3 is 10.6 Å². The summed E-state index contributed by atoms with van der Waals surface area (Å²) in [5.41, 5.74) is 7.08. The van der Waals surface area contributed by atoms with Gasteiger partial charge >= 0.3 is 0 Å². The lowest BCUT2D eigenvalue weighted by Gasteiger charge is -2.48. The lowest BCUT2D eigenvalue weighted by atomic mass is 9.88. The van der Waals surface area contributed by atoms with Gasteiger partial charge in [-0.05, 0) is 30.7 Å². The van der Waals surface area contributed by atoms with E-state index in [-0.39, 0.29) is 11.3 Å². The van der Waals surface area contributed by atoms with Gasteiger partial charge in [-0.25, -0.2) is 8.42 Å². The van der Waals surface area contributed by atoms with E-state index < -0.39 is 9.84 Å². The number of nitrogens with two attached hydrogens (primary N) is 1. The van der Waals surface area contributed by atoms with Crippen LogP contribution < -0.4 is 10.6 Å². The van der Waals surface area contributed by atoms with Crippen molar-refractivity contribution in [3.8, 4) is 0 Å². The largest absolute Gasteiger partial charge is 0.368 e. The first-order chi connectivity index (χ1) is 8.40. The molecule has 2 rings (SSSR count). The van der Waals surface area contributed by atoms with Gasteiger partial charge in [-0.3, -0.25) is 0 Å². The molecule has 1 aromatic rings. The van der Waals surface area contributed by atoms with Crippen LogP contribution in [0.15, 0.2) is 29.2 Å². The average Bonchev–Trinajstić information content (AvgIpc) is 2.35. The molecule has 5 heteroatoms. The maximum Gasteiger partial charge on any atom is 0.178 e. The van der Waals surface area contributed by atoms with Gasteiger partial charge in [-0.2, -0.15) is 0 Å². The van der Waals surface area contributed by atoms with Crippen LogP contribution in [0.1, 0.15) is 20.3 Å². The summed E-state index contributed by atoms with van der Waals surface area (Å²) < 4.78 is 23.4. The van der Waals surface area contributed by atoms with Crippen molar-refractivity contribution in [1.82, 2.24) is 0 Å². The third-order valence-corrected chi connectivity index (χ3v) is 5.41. The molecule has 0 saturated carbocycles. The lowest BCUT2D eigenvalue weighted by Crippen LogP contribution is -2.67. The van der Waals surface area contributed by atoms with E-state index in [1.54, 1.807) is 19.1 Å². The molecule has 1 heterocycles. The molecule has 0 aromatic heterocycles. The summed E-state index contributed by atoms with van der Waals surface area (Å²) in [4.78, 5) is 2.56. The van der Waals surface area contributed by atoms with Gasteiger partial charge in [0, 0.05) is 18.8 Å². The SMILES string of the molecule is CCC1(N)CN(c2ccc(S(=O)(=O)CC)cc2)C1. The fraction of sp³-hybridized carbons (Fsp3) is 0.538. The van der Waals surface area contributed by atoms with E-state index in [0.717, 1.165) is 25.2 Å². The van der Waals surface area contributed by atoms with Crippen LogP contribution in [0.3, 0.4) is 0 Å². The van der Waals surface area contributed by atoms with E-state index >= 15 is 0 Å². The van der Waals surface area contributed by atoms with Crippen molar-refractivity contribution >= 4 is 15.5 Å². The van der Waals surface area contributed by atoms with Gasteiger partial charge in [0.15, 0.2) is 9.84 Å². The number of nitrogens with zero attached hydrogens (tertiary/aromatic N) is 1. The van der Waals surface area contributed by atoms with Crippen LogP contribution in [0.5, 0.6) is 0 Å². The number of hydrogen-bond acceptors (Lipinski definition) is 4. The molecule has 1 aromatic carbocycles. The van der Waals surface area contributed by atoms with Crippen LogP contribution in [0, 0.1) is 0 Å². The summed E-state index contributed by atoms with van der Waals surface area (Å²) in [5, 5.41) is 0. The fourth-order valence-corrected chi connectivity index (χ4v) is 3.04. The average molecular weight is 268 g/mol. The zero-order chi connectivity index (χ0) is 13.4. The van der Waals surface area contributed by atoms with E-state index in [1.807, 2.05) is 12.1 Å². The van der Waals surface area contributed by atoms with Gasteiger partial charge in [0.25, 0.3) is 0 Å². The van der Waals surface area contributed by atoms with Gasteiger partial charge in [0.2, 0.25) is 0 Å². The third-order valence-electron chi connectivity index (χ3n) is 3.66. The van der Waals surface area contributed by atoms with E-state index in [9.17, 15) is 8.42 Å². The Balaban J connectivity index is 2.11. The van der Waals surface area contributed by atoms with Crippen molar-refractivity contribution < 1.29 is 8.42 Å². The molecule has 2 N–H and O–H groups in total. The minimum absolute atomic E-state index is 0.0752. The predicted molar refractivity (Wildman–Crippen MR) is 73.6 cm³/mol. The first-order valence-corrected chi connectivity index (χ1v) is 7.92. The first kappa shape index (κ1) is 13.4. The van der Waals surface area contributed by atoms with Crippen molar-refractivity contribution in [2.24, 2.45) is 5.73 Å². The number of hydrogen-bond donors (Lipinski definition) is 1. The molecule has 18 heavy (non-hydrogen) atoms. The maximum atomic E-state index is 11.7. The van der Waals surface area contributed by atoms with E-state index in [0.29, 0.717) is 4.90 Å². The summed E-state index contributed by atoms with van der Waals surface area (Å²) in [6.07, 6.45) is 0.964. The molecular weight excluding hydrogens is 248 g/mol. The van der Waals surface area contributed by atoms with Crippen molar-refractivity contribution in [1.29, 1.82) is 0 Å². The van der Waals surface area contributed by atoms with Crippen LogP contribution in [-0.2, 0) is 9.84 Å². The second kappa shape index (κ2) is 4.55. The number of benzene rings is 1. The molecule has 0 spiro atoms. The highest BCUT2D eigenvalue weighted by Gasteiger charge is 2.37. The smallest absolute Gasteiger partial charge is 0.178 e. The number of anilines is 1. The van der Waals surface area contributed by atoms with Gasteiger partial charge in [0.05, 0.1) is 16.2 Å². The van der Waals surface area contributed by atoms with Crippen molar-refractivity contribution in [3.05, 3.63) is 24.3 Å². The van der Waals surface area contributed by atoms with Crippen molar-refractivity contribution in [2.75, 3.05) is 23.7 Å². The monoisotopic (exact) mass is 268 g/mol. The quantitative estimate of drug-likeness (QED) is 0.896. The molecule has 1 saturated heterocycles. The summed E-state index contributed by atoms with van der Waals surface area (Å²) in [7, 11) is -3.10. The van der Waals surface area contributed by atoms with Crippen LogP contribution in [0.4, 0.5) is 5.69 Å². The second-order valence-corrected chi connectivity index (χ2v) is 7.25. The van der Waals surface area contributed by atoms with Crippen molar-refractivity contribution in [2.45, 2.75) is 30.7 Å². The first-order valence-electron chi connectivity index (χ1n) is 6.27. The summed E-state index contributed by atoms with van der Waals surface area (Å²) >= 11 is 0. The Bertz CT molecular complexity index is 516. The number of sulfone groups is 1. The Morgan fingerprint density at radius 1 is 1.22 bits per heavy atom. The third kappa shape index (κ3) is 2.37. The predicted octanol–water partition coefficient (Wildman–Crippen LogP) is 1.41. The molecule has 100 valence electrons. The van der Waals surface area contributed by atoms with E-state index in [1.165, 1.54) is 0 Å². The van der Waals surface area contributed by atoms with Gasteiger partial charge in [-0.1, -0.05) is 13.8 Å². The van der Waals surface area contributed by atoms with Gasteiger partial charge in [0.1, 0.15) is 0 Å². The van der Waals surface area contributed by atoms with Crippen LogP contribution >= 0.6 is 0 Å². The Hall–Kier alpha value is -1.07. The van der Waals surface area contributed by atoms with E-state index in [2.05, 4.69) is 11.8 Å². The highest BCUT2D eigenvalue weighted by atomic mass is 32.2. The standard InChI is InChI=1S/C13H20N2O2S/c1-3-13(14)9-15(10-13)11-5-7-12(8-6-11)18(16,17)4-2/h5-8H,3-4,9-10,14H2,1-2H3. The molecule has 0 atom stereocenters. The molecule has 1 aliphatic heterocycles. The molecule has 0 aliphatic carbocycles. The van der Waals surface area contributed by atoms with E-state index in [4.69, 9.17) is 5.73 Å². The molecule has 1 aliphatic rings. The molecule has 0 amide bonds. The minimum atomic E-state index is -3.10. The highest BCUT2D eigenvalue weighted by molar-refractivity contribution is 7.91. The number of rotatable bonds is 4. The van der Waals surface area contributed by atoms with Crippen LogP contribution in [-0.4, -0.2) is 32.8 Å². The normalized spacial score (nSPS) is 18.5. The Kier molecular flexibility index (Phi) is 3.38. The molecule has 0 radical (unpaired) electrons. The minimum Gasteiger partial charge on any atom is -0.368 e. The molecule has 1 fully saturated rings. The van der Waals surface area contributed by atoms with Crippen LogP contribution in [0.2, 0.25) is 0 Å². The summed E-state index contributed by atoms with van der Waals surface area (Å²) in [6.45, 7) is 5.42. The Morgan fingerprint density at radius 2 is 1.78 bits per heavy atom. The lowest BCUT2D eigenvalue weighted by molar-refractivity contribution is 0.322. The highest BCUT2D eigenvalue weighted by Crippen LogP contribution is 2.28. The summed E-state index contributed by atoms with van der Waals surface area (Å²) in [6, 6.07) is 7.07. The molecule has 4 nitrogen and oxygen atoms in total. The van der Waals surface area contributed by atoms with Gasteiger partial charge in [-0.15, -0.1) is 0 Å². The maximum absolute atomic E-state index is 11.7. The fourth-order valence-electron chi connectivity index (χ4n) is 2.15. The Labute approximate surface area is 109 Å². The Morgan fingerprint density at radius 3 is 2.22 bits per heavy atom. The molecular formula is C13H20N2O2S. The second-order valence-electron chi connectivity index (χ2n) is 4.97. The van der Waals surface area contributed by atoms with Crippen LogP contribution in [0.25, 0.3) is 0 Å². The topological polar surface area (TPSA) is 63.4 Å². The summed E-state index contributed by atoms with van der Waals surface area (Å²) in [5.74, 6) is 0.137. The molecule has 0 unspecified atom stereocenters. The zero-order valence-corrected chi connectivity index (χ0v) is 11.7. The zero-order valence-electron chi connectivity index (χ0n) is 10.9. The molecule has 0 bridgehead atoms. The van der Waals surface area contributed by atoms with Crippen molar-refractivity contribution in [3.63, 3.8) is 0 Å².